The zero-order valence-electron chi connectivity index (χ0n) is 13.0. The Kier molecular flexibility index (Phi) is 5.53. The van der Waals surface area contributed by atoms with Crippen molar-refractivity contribution in [3.8, 4) is 0 Å². The molecule has 0 atom stereocenters. The Balaban J connectivity index is 3.22. The Hall–Kier alpha value is -1.14. The van der Waals surface area contributed by atoms with Gasteiger partial charge in [-0.05, 0) is 38.8 Å². The smallest absolute Gasteiger partial charge is 0.246 e. The van der Waals surface area contributed by atoms with E-state index in [1.165, 1.54) is 4.31 Å². The largest absolute Gasteiger partial charge is 0.369 e. The zero-order chi connectivity index (χ0) is 15.4. The van der Waals surface area contributed by atoms with Gasteiger partial charge in [0.15, 0.2) is 0 Å². The van der Waals surface area contributed by atoms with Gasteiger partial charge in [0.25, 0.3) is 0 Å². The number of pyridine rings is 1. The molecule has 0 fully saturated rings. The number of nitrogens with one attached hydrogen (secondary N) is 1. The van der Waals surface area contributed by atoms with E-state index in [1.807, 2.05) is 27.7 Å². The normalized spacial score (nSPS) is 12.7. The molecule has 1 N–H and O–H groups in total. The van der Waals surface area contributed by atoms with Crippen LogP contribution in [0, 0.1) is 0 Å². The molecule has 5 nitrogen and oxygen atoms in total. The summed E-state index contributed by atoms with van der Waals surface area (Å²) in [6, 6.07) is 3.25. The summed E-state index contributed by atoms with van der Waals surface area (Å²) in [6.07, 6.45) is 3.25. The van der Waals surface area contributed by atoms with Gasteiger partial charge in [0.05, 0.1) is 0 Å². The van der Waals surface area contributed by atoms with Crippen LogP contribution in [0.1, 0.15) is 40.5 Å². The number of hydrogen-bond acceptors (Lipinski definition) is 4. The summed E-state index contributed by atoms with van der Waals surface area (Å²) in [5.41, 5.74) is -0.434. The fourth-order valence-corrected chi connectivity index (χ4v) is 3.36. The molecular weight excluding hydrogens is 274 g/mol. The topological polar surface area (TPSA) is 62.3 Å². The molecule has 6 heteroatoms. The van der Waals surface area contributed by atoms with Crippen LogP contribution in [0.3, 0.4) is 0 Å². The molecule has 0 saturated carbocycles. The minimum atomic E-state index is -3.56. The van der Waals surface area contributed by atoms with Crippen LogP contribution in [-0.4, -0.2) is 36.8 Å². The standard InChI is InChI=1S/C14H25N3O2S/c1-6-10-15-13-12(9-8-11-16-13)20(18,19)17(5)14(3,4)7-2/h8-9,11H,6-7,10H2,1-5H3,(H,15,16). The van der Waals surface area contributed by atoms with E-state index in [1.54, 1.807) is 25.4 Å². The molecule has 0 bridgehead atoms. The van der Waals surface area contributed by atoms with Crippen LogP contribution in [-0.2, 0) is 10.0 Å². The number of aromatic nitrogens is 1. The van der Waals surface area contributed by atoms with E-state index < -0.39 is 15.6 Å². The van der Waals surface area contributed by atoms with Gasteiger partial charge in [-0.15, -0.1) is 0 Å². The lowest BCUT2D eigenvalue weighted by molar-refractivity contribution is 0.257. The molecule has 20 heavy (non-hydrogen) atoms. The van der Waals surface area contributed by atoms with Crippen LogP contribution in [0.2, 0.25) is 0 Å². The summed E-state index contributed by atoms with van der Waals surface area (Å²) in [6.45, 7) is 8.53. The second-order valence-electron chi connectivity index (χ2n) is 5.42. The Morgan fingerprint density at radius 1 is 1.35 bits per heavy atom. The maximum absolute atomic E-state index is 12.8. The molecule has 0 radical (unpaired) electrons. The molecule has 0 saturated heterocycles. The highest BCUT2D eigenvalue weighted by Crippen LogP contribution is 2.28. The summed E-state index contributed by atoms with van der Waals surface area (Å²) >= 11 is 0. The molecular formula is C14H25N3O2S. The summed E-state index contributed by atoms with van der Waals surface area (Å²) in [5.74, 6) is 0.424. The van der Waals surface area contributed by atoms with Crippen LogP contribution >= 0.6 is 0 Å². The van der Waals surface area contributed by atoms with Gasteiger partial charge in [-0.25, -0.2) is 13.4 Å². The first-order chi connectivity index (χ1) is 9.27. The molecule has 1 aromatic rings. The number of sulfonamides is 1. The molecule has 114 valence electrons. The van der Waals surface area contributed by atoms with E-state index in [9.17, 15) is 8.42 Å². The van der Waals surface area contributed by atoms with Crippen LogP contribution in [0.5, 0.6) is 0 Å². The van der Waals surface area contributed by atoms with Crippen molar-refractivity contribution in [3.05, 3.63) is 18.3 Å². The highest BCUT2D eigenvalue weighted by atomic mass is 32.2. The molecule has 0 aliphatic carbocycles. The molecule has 0 unspecified atom stereocenters. The number of hydrogen-bond donors (Lipinski definition) is 1. The van der Waals surface area contributed by atoms with Crippen molar-refractivity contribution in [2.24, 2.45) is 0 Å². The molecule has 1 rings (SSSR count). The average Bonchev–Trinajstić information content (AvgIpc) is 2.44. The van der Waals surface area contributed by atoms with E-state index in [4.69, 9.17) is 0 Å². The third-order valence-electron chi connectivity index (χ3n) is 3.67. The predicted molar refractivity (Wildman–Crippen MR) is 82.3 cm³/mol. The number of rotatable bonds is 7. The van der Waals surface area contributed by atoms with Crippen molar-refractivity contribution in [2.45, 2.75) is 51.0 Å². The van der Waals surface area contributed by atoms with Gasteiger partial charge in [-0.1, -0.05) is 13.8 Å². The predicted octanol–water partition coefficient (Wildman–Crippen LogP) is 2.71. The first-order valence-corrected chi connectivity index (χ1v) is 8.39. The minimum absolute atomic E-state index is 0.234. The fraction of sp³-hybridized carbons (Fsp3) is 0.643. The van der Waals surface area contributed by atoms with Crippen molar-refractivity contribution in [3.63, 3.8) is 0 Å². The highest BCUT2D eigenvalue weighted by molar-refractivity contribution is 7.89. The lowest BCUT2D eigenvalue weighted by atomic mass is 10.0. The molecule has 0 aliphatic rings. The van der Waals surface area contributed by atoms with Gasteiger partial charge in [0.1, 0.15) is 10.7 Å². The van der Waals surface area contributed by atoms with Gasteiger partial charge < -0.3 is 5.32 Å². The van der Waals surface area contributed by atoms with Crippen molar-refractivity contribution in [2.75, 3.05) is 18.9 Å². The Morgan fingerprint density at radius 3 is 2.55 bits per heavy atom. The first-order valence-electron chi connectivity index (χ1n) is 6.95. The summed E-state index contributed by atoms with van der Waals surface area (Å²) in [7, 11) is -1.94. The molecule has 1 aromatic heterocycles. The quantitative estimate of drug-likeness (QED) is 0.841. The van der Waals surface area contributed by atoms with Crippen LogP contribution in [0.4, 0.5) is 5.82 Å². The Bertz CT molecular complexity index is 541. The lowest BCUT2D eigenvalue weighted by Gasteiger charge is -2.34. The van der Waals surface area contributed by atoms with Gasteiger partial charge >= 0.3 is 0 Å². The van der Waals surface area contributed by atoms with Crippen LogP contribution < -0.4 is 5.32 Å². The number of nitrogens with zero attached hydrogens (tertiary/aromatic N) is 2. The van der Waals surface area contributed by atoms with Crippen LogP contribution in [0.25, 0.3) is 0 Å². The van der Waals surface area contributed by atoms with Crippen molar-refractivity contribution >= 4 is 15.8 Å². The van der Waals surface area contributed by atoms with Gasteiger partial charge in [0.2, 0.25) is 10.0 Å². The fourth-order valence-electron chi connectivity index (χ4n) is 1.67. The third-order valence-corrected chi connectivity index (χ3v) is 5.77. The van der Waals surface area contributed by atoms with E-state index in [0.717, 1.165) is 12.8 Å². The Labute approximate surface area is 122 Å². The second-order valence-corrected chi connectivity index (χ2v) is 7.35. The van der Waals surface area contributed by atoms with Gasteiger partial charge in [0, 0.05) is 25.3 Å². The number of anilines is 1. The molecule has 0 aromatic carbocycles. The van der Waals surface area contributed by atoms with E-state index in [0.29, 0.717) is 12.4 Å². The van der Waals surface area contributed by atoms with E-state index in [-0.39, 0.29) is 4.90 Å². The summed E-state index contributed by atoms with van der Waals surface area (Å²) < 4.78 is 27.0. The van der Waals surface area contributed by atoms with Gasteiger partial charge in [-0.3, -0.25) is 0 Å². The van der Waals surface area contributed by atoms with E-state index >= 15 is 0 Å². The lowest BCUT2D eigenvalue weighted by Crippen LogP contribution is -2.44. The molecule has 0 amide bonds. The SMILES string of the molecule is CCCNc1ncccc1S(=O)(=O)N(C)C(C)(C)CC. The molecule has 0 spiro atoms. The summed E-state index contributed by atoms with van der Waals surface area (Å²) in [4.78, 5) is 4.39. The first kappa shape index (κ1) is 16.9. The second kappa shape index (κ2) is 6.54. The molecule has 0 aliphatic heterocycles. The maximum Gasteiger partial charge on any atom is 0.246 e. The minimum Gasteiger partial charge on any atom is -0.369 e. The van der Waals surface area contributed by atoms with E-state index in [2.05, 4.69) is 10.3 Å². The van der Waals surface area contributed by atoms with Crippen molar-refractivity contribution in [1.82, 2.24) is 9.29 Å². The summed E-state index contributed by atoms with van der Waals surface area (Å²) in [5, 5.41) is 3.08. The zero-order valence-corrected chi connectivity index (χ0v) is 13.8. The molecule has 1 heterocycles. The maximum atomic E-state index is 12.8. The highest BCUT2D eigenvalue weighted by Gasteiger charge is 2.34. The van der Waals surface area contributed by atoms with Crippen LogP contribution in [0.15, 0.2) is 23.2 Å². The Morgan fingerprint density at radius 2 is 2.00 bits per heavy atom. The average molecular weight is 299 g/mol. The monoisotopic (exact) mass is 299 g/mol. The van der Waals surface area contributed by atoms with Crippen molar-refractivity contribution in [1.29, 1.82) is 0 Å². The van der Waals surface area contributed by atoms with Gasteiger partial charge in [-0.2, -0.15) is 4.31 Å². The van der Waals surface area contributed by atoms with Crippen molar-refractivity contribution < 1.29 is 8.42 Å². The third kappa shape index (κ3) is 3.49.